The van der Waals surface area contributed by atoms with Crippen molar-refractivity contribution in [3.8, 4) is 0 Å². The fraction of sp³-hybridized carbons (Fsp3) is 0.385. The quantitative estimate of drug-likeness (QED) is 0.581. The van der Waals surface area contributed by atoms with Crippen LogP contribution in [0.4, 0.5) is 17.1 Å². The van der Waals surface area contributed by atoms with Gasteiger partial charge >= 0.3 is 0 Å². The molecular formula is C13H16N4O2. The maximum atomic E-state index is 11.4. The van der Waals surface area contributed by atoms with Crippen molar-refractivity contribution < 1.29 is 9.59 Å². The molecule has 0 radical (unpaired) electrons. The number of carbonyl (C=O) groups excluding carboxylic acids is 2. The van der Waals surface area contributed by atoms with Crippen LogP contribution in [0.5, 0.6) is 0 Å². The van der Waals surface area contributed by atoms with Gasteiger partial charge < -0.3 is 21.7 Å². The lowest BCUT2D eigenvalue weighted by molar-refractivity contribution is -0.119. The fourth-order valence-electron chi connectivity index (χ4n) is 2.50. The number of anilines is 3. The molecule has 2 aliphatic heterocycles. The number of hydrogen-bond donors (Lipinski definition) is 4. The molecule has 100 valence electrons. The number of fused-ring (bicyclic) bond motifs is 1. The lowest BCUT2D eigenvalue weighted by atomic mass is 10.0. The molecule has 1 aromatic carbocycles. The third-order valence-electron chi connectivity index (χ3n) is 3.51. The van der Waals surface area contributed by atoms with Crippen molar-refractivity contribution in [3.05, 3.63) is 17.7 Å². The van der Waals surface area contributed by atoms with Gasteiger partial charge in [-0.05, 0) is 24.1 Å². The van der Waals surface area contributed by atoms with E-state index in [4.69, 9.17) is 5.73 Å². The molecule has 5 N–H and O–H groups in total. The maximum Gasteiger partial charge on any atom is 0.224 e. The van der Waals surface area contributed by atoms with Gasteiger partial charge in [-0.3, -0.25) is 9.59 Å². The average molecular weight is 260 g/mol. The molecule has 2 aliphatic rings. The van der Waals surface area contributed by atoms with Crippen molar-refractivity contribution >= 4 is 28.9 Å². The normalized spacial score (nSPS) is 21.6. The second-order valence-electron chi connectivity index (χ2n) is 4.99. The van der Waals surface area contributed by atoms with E-state index in [-0.39, 0.29) is 17.9 Å². The van der Waals surface area contributed by atoms with Gasteiger partial charge in [0.1, 0.15) is 0 Å². The monoisotopic (exact) mass is 260 g/mol. The summed E-state index contributed by atoms with van der Waals surface area (Å²) in [7, 11) is 0. The Morgan fingerprint density at radius 1 is 1.21 bits per heavy atom. The van der Waals surface area contributed by atoms with E-state index in [2.05, 4.69) is 16.0 Å². The van der Waals surface area contributed by atoms with Crippen molar-refractivity contribution in [3.63, 3.8) is 0 Å². The van der Waals surface area contributed by atoms with Gasteiger partial charge in [-0.15, -0.1) is 0 Å². The van der Waals surface area contributed by atoms with E-state index >= 15 is 0 Å². The minimum atomic E-state index is 0.0286. The van der Waals surface area contributed by atoms with Crippen LogP contribution >= 0.6 is 0 Å². The standard InChI is InChI=1S/C13H16N4O2/c14-9-3-7-1-2-12(18)17-10(7)5-11(9)16-8-4-13(19)15-6-8/h3,5,8,16H,1-2,4,6,14H2,(H,15,19)(H,17,18). The Kier molecular flexibility index (Phi) is 2.77. The number of rotatable bonds is 2. The molecule has 6 nitrogen and oxygen atoms in total. The molecule has 3 rings (SSSR count). The number of nitrogens with two attached hydrogens (primary N) is 1. The smallest absolute Gasteiger partial charge is 0.224 e. The summed E-state index contributed by atoms with van der Waals surface area (Å²) in [5, 5.41) is 8.86. The largest absolute Gasteiger partial charge is 0.397 e. The van der Waals surface area contributed by atoms with Crippen LogP contribution in [0.3, 0.4) is 0 Å². The van der Waals surface area contributed by atoms with Gasteiger partial charge in [0, 0.05) is 25.1 Å². The average Bonchev–Trinajstić information content (AvgIpc) is 2.76. The van der Waals surface area contributed by atoms with Crippen molar-refractivity contribution in [1.29, 1.82) is 0 Å². The molecule has 2 heterocycles. The molecule has 0 bridgehead atoms. The Morgan fingerprint density at radius 2 is 2.05 bits per heavy atom. The predicted octanol–water partition coefficient (Wildman–Crippen LogP) is 0.454. The number of hydrogen-bond acceptors (Lipinski definition) is 4. The number of nitrogens with one attached hydrogen (secondary N) is 3. The lowest BCUT2D eigenvalue weighted by Gasteiger charge is -2.21. The fourth-order valence-corrected chi connectivity index (χ4v) is 2.50. The van der Waals surface area contributed by atoms with Crippen LogP contribution in [-0.2, 0) is 16.0 Å². The predicted molar refractivity (Wildman–Crippen MR) is 72.8 cm³/mol. The minimum absolute atomic E-state index is 0.0286. The number of amides is 2. The first-order chi connectivity index (χ1) is 9.11. The van der Waals surface area contributed by atoms with Crippen LogP contribution in [0.1, 0.15) is 18.4 Å². The summed E-state index contributed by atoms with van der Waals surface area (Å²) >= 11 is 0. The van der Waals surface area contributed by atoms with Crippen LogP contribution in [0.15, 0.2) is 12.1 Å². The number of aryl methyl sites for hydroxylation is 1. The Bertz CT molecular complexity index is 556. The van der Waals surface area contributed by atoms with Crippen LogP contribution in [0.2, 0.25) is 0 Å². The minimum Gasteiger partial charge on any atom is -0.397 e. The van der Waals surface area contributed by atoms with Gasteiger partial charge in [-0.25, -0.2) is 0 Å². The molecule has 0 aliphatic carbocycles. The highest BCUT2D eigenvalue weighted by Crippen LogP contribution is 2.31. The van der Waals surface area contributed by atoms with Gasteiger partial charge in [0.15, 0.2) is 0 Å². The lowest BCUT2D eigenvalue weighted by Crippen LogP contribution is -2.24. The maximum absolute atomic E-state index is 11.4. The summed E-state index contributed by atoms with van der Waals surface area (Å²) in [5.41, 5.74) is 9.29. The number of nitrogen functional groups attached to an aromatic ring is 1. The van der Waals surface area contributed by atoms with E-state index in [0.717, 1.165) is 23.4 Å². The highest BCUT2D eigenvalue weighted by atomic mass is 16.2. The molecule has 0 saturated carbocycles. The van der Waals surface area contributed by atoms with E-state index < -0.39 is 0 Å². The highest BCUT2D eigenvalue weighted by molar-refractivity contribution is 5.95. The molecule has 0 aromatic heterocycles. The molecule has 1 saturated heterocycles. The number of benzene rings is 1. The van der Waals surface area contributed by atoms with Crippen LogP contribution in [-0.4, -0.2) is 24.4 Å². The first-order valence-electron chi connectivity index (χ1n) is 6.37. The van der Waals surface area contributed by atoms with E-state index in [1.54, 1.807) is 0 Å². The zero-order valence-corrected chi connectivity index (χ0v) is 10.5. The van der Waals surface area contributed by atoms with Gasteiger partial charge in [0.05, 0.1) is 17.4 Å². The SMILES string of the molecule is Nc1cc2c(cc1NC1CNC(=O)C1)NC(=O)CC2. The molecule has 2 amide bonds. The Morgan fingerprint density at radius 3 is 2.79 bits per heavy atom. The molecule has 1 unspecified atom stereocenters. The zero-order valence-electron chi connectivity index (χ0n) is 10.5. The van der Waals surface area contributed by atoms with Gasteiger partial charge in [0.2, 0.25) is 11.8 Å². The molecule has 0 spiro atoms. The molecular weight excluding hydrogens is 244 g/mol. The molecule has 19 heavy (non-hydrogen) atoms. The second-order valence-corrected chi connectivity index (χ2v) is 4.99. The summed E-state index contributed by atoms with van der Waals surface area (Å²) < 4.78 is 0. The topological polar surface area (TPSA) is 96.2 Å². The van der Waals surface area contributed by atoms with Gasteiger partial charge in [-0.2, -0.15) is 0 Å². The molecule has 1 atom stereocenters. The van der Waals surface area contributed by atoms with Crippen molar-refractivity contribution in [2.45, 2.75) is 25.3 Å². The van der Waals surface area contributed by atoms with Crippen LogP contribution in [0.25, 0.3) is 0 Å². The van der Waals surface area contributed by atoms with E-state index in [1.165, 1.54) is 0 Å². The first kappa shape index (κ1) is 11.8. The molecule has 1 aromatic rings. The Balaban J connectivity index is 1.83. The van der Waals surface area contributed by atoms with E-state index in [0.29, 0.717) is 25.1 Å². The van der Waals surface area contributed by atoms with Crippen molar-refractivity contribution in [2.75, 3.05) is 22.9 Å². The first-order valence-corrected chi connectivity index (χ1v) is 6.37. The summed E-state index contributed by atoms with van der Waals surface area (Å²) in [6.45, 7) is 0.599. The Labute approximate surface area is 110 Å². The summed E-state index contributed by atoms with van der Waals surface area (Å²) in [6, 6.07) is 3.79. The molecule has 6 heteroatoms. The number of carbonyl (C=O) groups is 2. The third-order valence-corrected chi connectivity index (χ3v) is 3.51. The van der Waals surface area contributed by atoms with Gasteiger partial charge in [-0.1, -0.05) is 0 Å². The summed E-state index contributed by atoms with van der Waals surface area (Å²) in [5.74, 6) is 0.0725. The van der Waals surface area contributed by atoms with E-state index in [1.807, 2.05) is 12.1 Å². The van der Waals surface area contributed by atoms with E-state index in [9.17, 15) is 9.59 Å². The van der Waals surface area contributed by atoms with Crippen LogP contribution in [0, 0.1) is 0 Å². The summed E-state index contributed by atoms with van der Waals surface area (Å²) in [4.78, 5) is 22.6. The van der Waals surface area contributed by atoms with Crippen molar-refractivity contribution in [1.82, 2.24) is 5.32 Å². The van der Waals surface area contributed by atoms with Crippen molar-refractivity contribution in [2.24, 2.45) is 0 Å². The van der Waals surface area contributed by atoms with Crippen LogP contribution < -0.4 is 21.7 Å². The highest BCUT2D eigenvalue weighted by Gasteiger charge is 2.23. The summed E-state index contributed by atoms with van der Waals surface area (Å²) in [6.07, 6.45) is 1.66. The molecule has 1 fully saturated rings. The van der Waals surface area contributed by atoms with Gasteiger partial charge in [0.25, 0.3) is 0 Å². The Hall–Kier alpha value is -2.24. The second kappa shape index (κ2) is 4.46. The third kappa shape index (κ3) is 2.33. The zero-order chi connectivity index (χ0) is 13.4.